The number of anilines is 1. The molecular weight excluding hydrogens is 316 g/mol. The minimum atomic E-state index is -0.807. The number of nitrogens with two attached hydrogens (primary N) is 1. The van der Waals surface area contributed by atoms with Gasteiger partial charge in [-0.25, -0.2) is 4.98 Å². The van der Waals surface area contributed by atoms with Crippen LogP contribution in [-0.2, 0) is 9.59 Å². The molecule has 1 aromatic carbocycles. The van der Waals surface area contributed by atoms with Gasteiger partial charge in [0.05, 0.1) is 5.92 Å². The summed E-state index contributed by atoms with van der Waals surface area (Å²) >= 11 is 0. The molecule has 0 aliphatic carbocycles. The molecule has 1 saturated heterocycles. The fourth-order valence-electron chi connectivity index (χ4n) is 3.16. The zero-order chi connectivity index (χ0) is 17.6. The minimum absolute atomic E-state index is 0.145. The second-order valence-corrected chi connectivity index (χ2v) is 6.23. The number of pyridine rings is 1. The number of benzene rings is 1. The van der Waals surface area contributed by atoms with Crippen molar-refractivity contribution in [2.45, 2.75) is 18.9 Å². The predicted octanol–water partition coefficient (Wildman–Crippen LogP) is 1.64. The fraction of sp³-hybridized carbons (Fsp3) is 0.316. The van der Waals surface area contributed by atoms with Crippen molar-refractivity contribution in [3.63, 3.8) is 0 Å². The van der Waals surface area contributed by atoms with Gasteiger partial charge in [-0.3, -0.25) is 9.59 Å². The number of rotatable bonds is 5. The number of hydrogen-bond donors (Lipinski definition) is 2. The topological polar surface area (TPSA) is 88.3 Å². The van der Waals surface area contributed by atoms with Crippen LogP contribution in [0.5, 0.6) is 0 Å². The molecule has 0 bridgehead atoms. The molecule has 1 aliphatic heterocycles. The van der Waals surface area contributed by atoms with E-state index < -0.39 is 11.9 Å². The number of nitrogens with zero attached hydrogens (tertiary/aromatic N) is 2. The van der Waals surface area contributed by atoms with E-state index in [0.29, 0.717) is 12.1 Å². The normalized spacial score (nSPS) is 18.4. The Hall–Kier alpha value is -2.89. The fourth-order valence-corrected chi connectivity index (χ4v) is 3.16. The summed E-state index contributed by atoms with van der Waals surface area (Å²) in [5, 5.41) is 2.81. The lowest BCUT2D eigenvalue weighted by molar-refractivity contribution is -0.130. The van der Waals surface area contributed by atoms with Gasteiger partial charge in [0.1, 0.15) is 11.9 Å². The van der Waals surface area contributed by atoms with E-state index in [4.69, 9.17) is 5.73 Å². The van der Waals surface area contributed by atoms with Gasteiger partial charge in [0.2, 0.25) is 11.8 Å². The molecule has 0 spiro atoms. The van der Waals surface area contributed by atoms with E-state index in [1.165, 1.54) is 0 Å². The molecule has 0 radical (unpaired) electrons. The number of aromatic nitrogens is 1. The maximum atomic E-state index is 12.7. The second-order valence-electron chi connectivity index (χ2n) is 6.23. The summed E-state index contributed by atoms with van der Waals surface area (Å²) in [6, 6.07) is 14.0. The van der Waals surface area contributed by atoms with Gasteiger partial charge in [0.25, 0.3) is 0 Å². The third-order valence-electron chi connectivity index (χ3n) is 4.47. The summed E-state index contributed by atoms with van der Waals surface area (Å²) in [4.78, 5) is 30.9. The first-order chi connectivity index (χ1) is 12.1. The van der Waals surface area contributed by atoms with Crippen LogP contribution in [-0.4, -0.2) is 29.9 Å². The van der Waals surface area contributed by atoms with Crippen molar-refractivity contribution in [3.8, 4) is 0 Å². The molecule has 2 unspecified atom stereocenters. The van der Waals surface area contributed by atoms with Gasteiger partial charge in [0, 0.05) is 19.3 Å². The summed E-state index contributed by atoms with van der Waals surface area (Å²) in [6.07, 6.45) is 3.44. The number of primary amides is 1. The Morgan fingerprint density at radius 1 is 1.16 bits per heavy atom. The molecule has 130 valence electrons. The molecule has 0 saturated carbocycles. The van der Waals surface area contributed by atoms with E-state index in [-0.39, 0.29) is 11.8 Å². The van der Waals surface area contributed by atoms with Crippen LogP contribution in [0.25, 0.3) is 0 Å². The van der Waals surface area contributed by atoms with Crippen molar-refractivity contribution in [2.75, 3.05) is 18.0 Å². The van der Waals surface area contributed by atoms with Gasteiger partial charge < -0.3 is 16.0 Å². The summed E-state index contributed by atoms with van der Waals surface area (Å²) in [5.74, 6) is -0.0268. The molecule has 3 rings (SSSR count). The summed E-state index contributed by atoms with van der Waals surface area (Å²) in [5.41, 5.74) is 6.19. The van der Waals surface area contributed by atoms with Crippen LogP contribution in [0.4, 0.5) is 5.82 Å². The van der Waals surface area contributed by atoms with E-state index in [0.717, 1.165) is 25.2 Å². The predicted molar refractivity (Wildman–Crippen MR) is 95.7 cm³/mol. The molecule has 2 amide bonds. The molecule has 2 atom stereocenters. The zero-order valence-electron chi connectivity index (χ0n) is 14.0. The van der Waals surface area contributed by atoms with Crippen molar-refractivity contribution < 1.29 is 9.59 Å². The summed E-state index contributed by atoms with van der Waals surface area (Å²) in [7, 11) is 0. The highest BCUT2D eigenvalue weighted by Gasteiger charge is 2.29. The lowest BCUT2D eigenvalue weighted by atomic mass is 9.96. The van der Waals surface area contributed by atoms with Gasteiger partial charge in [-0.15, -0.1) is 0 Å². The Morgan fingerprint density at radius 2 is 1.92 bits per heavy atom. The minimum Gasteiger partial charge on any atom is -0.368 e. The first-order valence-corrected chi connectivity index (χ1v) is 8.46. The van der Waals surface area contributed by atoms with E-state index in [1.54, 1.807) is 18.3 Å². The van der Waals surface area contributed by atoms with Crippen LogP contribution >= 0.6 is 0 Å². The van der Waals surface area contributed by atoms with Gasteiger partial charge in [-0.2, -0.15) is 0 Å². The quantitative estimate of drug-likeness (QED) is 0.867. The standard InChI is InChI=1S/C19H22N4O2/c20-18(24)17(14-7-2-1-3-8-14)22-19(25)15-9-6-12-23(13-15)16-10-4-5-11-21-16/h1-5,7-8,10-11,15,17H,6,9,12-13H2,(H2,20,24)(H,22,25). The van der Waals surface area contributed by atoms with E-state index in [2.05, 4.69) is 15.2 Å². The second kappa shape index (κ2) is 7.79. The number of carbonyl (C=O) groups excluding carboxylic acids is 2. The van der Waals surface area contributed by atoms with Crippen molar-refractivity contribution >= 4 is 17.6 Å². The third-order valence-corrected chi connectivity index (χ3v) is 4.47. The van der Waals surface area contributed by atoms with Gasteiger partial charge >= 0.3 is 0 Å². The van der Waals surface area contributed by atoms with E-state index >= 15 is 0 Å². The molecule has 6 nitrogen and oxygen atoms in total. The average Bonchev–Trinajstić information content (AvgIpc) is 2.67. The highest BCUT2D eigenvalue weighted by atomic mass is 16.2. The Balaban J connectivity index is 1.68. The highest BCUT2D eigenvalue weighted by Crippen LogP contribution is 2.22. The average molecular weight is 338 g/mol. The lowest BCUT2D eigenvalue weighted by Gasteiger charge is -2.33. The smallest absolute Gasteiger partial charge is 0.244 e. The first kappa shape index (κ1) is 17.0. The molecular formula is C19H22N4O2. The van der Waals surface area contributed by atoms with Crippen LogP contribution in [0.15, 0.2) is 54.7 Å². The van der Waals surface area contributed by atoms with Crippen molar-refractivity contribution in [1.82, 2.24) is 10.3 Å². The van der Waals surface area contributed by atoms with Crippen LogP contribution in [0.1, 0.15) is 24.4 Å². The molecule has 2 aromatic rings. The zero-order valence-corrected chi connectivity index (χ0v) is 14.0. The monoisotopic (exact) mass is 338 g/mol. The molecule has 1 aliphatic rings. The third kappa shape index (κ3) is 4.15. The first-order valence-electron chi connectivity index (χ1n) is 8.46. The van der Waals surface area contributed by atoms with Crippen LogP contribution < -0.4 is 16.0 Å². The van der Waals surface area contributed by atoms with Crippen LogP contribution in [0.3, 0.4) is 0 Å². The van der Waals surface area contributed by atoms with Crippen molar-refractivity contribution in [3.05, 3.63) is 60.3 Å². The number of carbonyl (C=O) groups is 2. The Labute approximate surface area is 147 Å². The molecule has 1 aromatic heterocycles. The largest absolute Gasteiger partial charge is 0.368 e. The number of amides is 2. The van der Waals surface area contributed by atoms with E-state index in [9.17, 15) is 9.59 Å². The molecule has 2 heterocycles. The summed E-state index contributed by atoms with van der Waals surface area (Å²) in [6.45, 7) is 1.46. The highest BCUT2D eigenvalue weighted by molar-refractivity contribution is 5.88. The summed E-state index contributed by atoms with van der Waals surface area (Å²) < 4.78 is 0. The molecule has 6 heteroatoms. The maximum absolute atomic E-state index is 12.7. The SMILES string of the molecule is NC(=O)C(NC(=O)C1CCCN(c2ccccn2)C1)c1ccccc1. The van der Waals surface area contributed by atoms with Crippen molar-refractivity contribution in [1.29, 1.82) is 0 Å². The van der Waals surface area contributed by atoms with Crippen LogP contribution in [0.2, 0.25) is 0 Å². The van der Waals surface area contributed by atoms with Gasteiger partial charge in [-0.05, 0) is 30.5 Å². The van der Waals surface area contributed by atoms with Crippen molar-refractivity contribution in [2.24, 2.45) is 11.7 Å². The van der Waals surface area contributed by atoms with E-state index in [1.807, 2.05) is 36.4 Å². The Bertz CT molecular complexity index is 721. The van der Waals surface area contributed by atoms with Crippen LogP contribution in [0, 0.1) is 5.92 Å². The number of piperidine rings is 1. The molecule has 25 heavy (non-hydrogen) atoms. The number of hydrogen-bond acceptors (Lipinski definition) is 4. The maximum Gasteiger partial charge on any atom is 0.244 e. The lowest BCUT2D eigenvalue weighted by Crippen LogP contribution is -2.46. The Kier molecular flexibility index (Phi) is 5.28. The number of nitrogens with one attached hydrogen (secondary N) is 1. The molecule has 3 N–H and O–H groups in total. The Morgan fingerprint density at radius 3 is 2.60 bits per heavy atom. The molecule has 1 fully saturated rings. The van der Waals surface area contributed by atoms with Gasteiger partial charge in [-0.1, -0.05) is 36.4 Å². The van der Waals surface area contributed by atoms with Gasteiger partial charge in [0.15, 0.2) is 0 Å².